The maximum Gasteiger partial charge on any atom is 0.305 e. The fourth-order valence-corrected chi connectivity index (χ4v) is 5.87. The van der Waals surface area contributed by atoms with Gasteiger partial charge in [0.1, 0.15) is 11.6 Å². The van der Waals surface area contributed by atoms with Gasteiger partial charge in [0, 0.05) is 29.8 Å². The summed E-state index contributed by atoms with van der Waals surface area (Å²) in [6.45, 7) is 2.71. The molecule has 0 radical (unpaired) electrons. The zero-order valence-electron chi connectivity index (χ0n) is 22.8. The average molecular weight is 540 g/mol. The number of aliphatic hydroxyl groups is 1. The summed E-state index contributed by atoms with van der Waals surface area (Å²) in [4.78, 5) is 13.9. The second kappa shape index (κ2) is 11.9. The number of methoxy groups -OCH3 is 1. The molecule has 5 rings (SSSR count). The van der Waals surface area contributed by atoms with Crippen molar-refractivity contribution in [1.82, 2.24) is 0 Å². The van der Waals surface area contributed by atoms with Gasteiger partial charge in [0.25, 0.3) is 0 Å². The van der Waals surface area contributed by atoms with Gasteiger partial charge in [-0.15, -0.1) is 0 Å². The predicted octanol–water partition coefficient (Wildman–Crippen LogP) is 6.73. The molecule has 0 amide bonds. The van der Waals surface area contributed by atoms with Crippen molar-refractivity contribution in [2.45, 2.75) is 44.8 Å². The highest BCUT2D eigenvalue weighted by Crippen LogP contribution is 2.38. The molecule has 206 valence electrons. The van der Waals surface area contributed by atoms with Crippen LogP contribution in [0.15, 0.2) is 84.9 Å². The number of benzene rings is 4. The summed E-state index contributed by atoms with van der Waals surface area (Å²) in [5.74, 6) is -0.321. The molecule has 5 nitrogen and oxygen atoms in total. The van der Waals surface area contributed by atoms with Crippen LogP contribution in [-0.4, -0.2) is 35.9 Å². The monoisotopic (exact) mass is 539 g/mol. The lowest BCUT2D eigenvalue weighted by Crippen LogP contribution is -2.31. The first-order chi connectivity index (χ1) is 19.4. The van der Waals surface area contributed by atoms with Crippen LogP contribution in [0.25, 0.3) is 11.1 Å². The minimum atomic E-state index is -0.810. The van der Waals surface area contributed by atoms with Crippen molar-refractivity contribution >= 4 is 11.7 Å². The third kappa shape index (κ3) is 5.87. The van der Waals surface area contributed by atoms with Crippen molar-refractivity contribution in [3.8, 4) is 16.9 Å². The molecule has 4 aromatic carbocycles. The third-order valence-electron chi connectivity index (χ3n) is 7.98. The normalized spacial score (nSPS) is 16.8. The number of carbonyl (C=O) groups is 1. The zero-order valence-corrected chi connectivity index (χ0v) is 22.8. The van der Waals surface area contributed by atoms with E-state index in [1.807, 2.05) is 49.4 Å². The largest absolute Gasteiger partial charge is 0.497 e. The van der Waals surface area contributed by atoms with E-state index in [1.54, 1.807) is 19.2 Å². The minimum Gasteiger partial charge on any atom is -0.497 e. The molecule has 1 heterocycles. The van der Waals surface area contributed by atoms with Crippen LogP contribution in [0.2, 0.25) is 0 Å². The maximum absolute atomic E-state index is 14.5. The molecule has 0 aliphatic carbocycles. The number of aryl methyl sites for hydroxylation is 1. The van der Waals surface area contributed by atoms with Gasteiger partial charge in [-0.05, 0) is 83.5 Å². The van der Waals surface area contributed by atoms with Crippen molar-refractivity contribution in [1.29, 1.82) is 0 Å². The van der Waals surface area contributed by atoms with E-state index < -0.39 is 5.97 Å². The minimum absolute atomic E-state index is 0.0279. The van der Waals surface area contributed by atoms with Gasteiger partial charge in [-0.2, -0.15) is 0 Å². The van der Waals surface area contributed by atoms with Gasteiger partial charge in [-0.25, -0.2) is 4.39 Å². The number of anilines is 1. The van der Waals surface area contributed by atoms with Gasteiger partial charge in [0.15, 0.2) is 0 Å². The predicted molar refractivity (Wildman–Crippen MR) is 155 cm³/mol. The van der Waals surface area contributed by atoms with E-state index in [-0.39, 0.29) is 30.8 Å². The van der Waals surface area contributed by atoms with Gasteiger partial charge in [-0.3, -0.25) is 4.79 Å². The van der Waals surface area contributed by atoms with Gasteiger partial charge < -0.3 is 19.8 Å². The molecule has 4 aromatic rings. The quantitative estimate of drug-likeness (QED) is 0.247. The Balaban J connectivity index is 1.33. The van der Waals surface area contributed by atoms with Crippen LogP contribution in [0.5, 0.6) is 5.75 Å². The lowest BCUT2D eigenvalue weighted by atomic mass is 9.92. The molecule has 40 heavy (non-hydrogen) atoms. The van der Waals surface area contributed by atoms with Crippen LogP contribution in [0, 0.1) is 12.7 Å². The molecule has 1 aliphatic rings. The van der Waals surface area contributed by atoms with Crippen LogP contribution >= 0.6 is 0 Å². The van der Waals surface area contributed by atoms with Crippen molar-refractivity contribution in [2.24, 2.45) is 0 Å². The second-order valence-corrected chi connectivity index (χ2v) is 10.5. The highest BCUT2D eigenvalue weighted by Gasteiger charge is 2.35. The molecule has 2 atom stereocenters. The number of aliphatic hydroxyl groups excluding tert-OH is 1. The van der Waals surface area contributed by atoms with Crippen molar-refractivity contribution in [3.05, 3.63) is 119 Å². The number of nitrogens with zero attached hydrogens (tertiary/aromatic N) is 1. The summed E-state index contributed by atoms with van der Waals surface area (Å²) in [6, 6.07) is 26.8. The number of hydrogen-bond acceptors (Lipinski definition) is 4. The highest BCUT2D eigenvalue weighted by molar-refractivity contribution is 5.69. The first-order valence-corrected chi connectivity index (χ1v) is 13.6. The van der Waals surface area contributed by atoms with Crippen LogP contribution in [0.4, 0.5) is 10.1 Å². The van der Waals surface area contributed by atoms with Gasteiger partial charge >= 0.3 is 5.97 Å². The smallest absolute Gasteiger partial charge is 0.305 e. The third-order valence-corrected chi connectivity index (χ3v) is 7.98. The summed E-state index contributed by atoms with van der Waals surface area (Å²) < 4.78 is 19.8. The summed E-state index contributed by atoms with van der Waals surface area (Å²) >= 11 is 0. The average Bonchev–Trinajstić information content (AvgIpc) is 3.37. The molecule has 0 unspecified atom stereocenters. The lowest BCUT2D eigenvalue weighted by molar-refractivity contribution is -0.137. The topological polar surface area (TPSA) is 70.0 Å². The number of rotatable bonds is 9. The molecule has 1 fully saturated rings. The Hall–Kier alpha value is -4.16. The van der Waals surface area contributed by atoms with Crippen molar-refractivity contribution in [3.63, 3.8) is 0 Å². The highest BCUT2D eigenvalue weighted by atomic mass is 19.1. The van der Waals surface area contributed by atoms with E-state index in [0.717, 1.165) is 51.9 Å². The Bertz CT molecular complexity index is 1500. The van der Waals surface area contributed by atoms with Crippen LogP contribution < -0.4 is 9.64 Å². The maximum atomic E-state index is 14.5. The van der Waals surface area contributed by atoms with Gasteiger partial charge in [0.2, 0.25) is 0 Å². The number of halogens is 1. The molecule has 0 aromatic heterocycles. The first-order valence-electron chi connectivity index (χ1n) is 13.6. The van der Waals surface area contributed by atoms with E-state index in [4.69, 9.17) is 4.74 Å². The lowest BCUT2D eigenvalue weighted by Gasteiger charge is -2.26. The van der Waals surface area contributed by atoms with Crippen LogP contribution in [-0.2, 0) is 17.8 Å². The number of carboxylic acid groups (broad SMARTS) is 1. The number of hydrogen-bond donors (Lipinski definition) is 2. The van der Waals surface area contributed by atoms with Crippen LogP contribution in [0.1, 0.15) is 46.6 Å². The van der Waals surface area contributed by atoms with E-state index in [0.29, 0.717) is 17.9 Å². The number of carboxylic acids is 1. The van der Waals surface area contributed by atoms with E-state index in [1.165, 1.54) is 6.07 Å². The molecular formula is C34H34FNO4. The Morgan fingerprint density at radius 2 is 1.77 bits per heavy atom. The Labute approximate surface area is 234 Å². The van der Waals surface area contributed by atoms with Crippen molar-refractivity contribution in [2.75, 3.05) is 18.6 Å². The number of aliphatic carboxylic acids is 1. The molecule has 6 heteroatoms. The number of ether oxygens (including phenoxy) is 1. The Morgan fingerprint density at radius 1 is 1.00 bits per heavy atom. The fraction of sp³-hybridized carbons (Fsp3) is 0.265. The molecule has 0 spiro atoms. The van der Waals surface area contributed by atoms with Crippen LogP contribution in [0.3, 0.4) is 0 Å². The first kappa shape index (κ1) is 27.4. The molecule has 1 saturated heterocycles. The molecule has 0 saturated carbocycles. The fourth-order valence-electron chi connectivity index (χ4n) is 5.87. The van der Waals surface area contributed by atoms with E-state index in [2.05, 4.69) is 29.2 Å². The second-order valence-electron chi connectivity index (χ2n) is 10.5. The Kier molecular flexibility index (Phi) is 8.17. The molecule has 1 aliphatic heterocycles. The molecule has 0 bridgehead atoms. The van der Waals surface area contributed by atoms with E-state index >= 15 is 0 Å². The standard InChI is InChI=1S/C34H34FNO4/c1-22-15-25(32-19-30(40-2)13-14-33(32)35)10-9-24(22)16-23-7-11-28(12-8-23)36-20-27(17-29(36)18-34(38)39)31-6-4-3-5-26(31)21-37/h3-15,19,27,29,37H,16-18,20-21H2,1-2H3,(H,38,39)/t27-,29-/m1/s1. The summed E-state index contributed by atoms with van der Waals surface area (Å²) in [7, 11) is 1.57. The Morgan fingerprint density at radius 3 is 2.48 bits per heavy atom. The van der Waals surface area contributed by atoms with Crippen molar-refractivity contribution < 1.29 is 24.1 Å². The van der Waals surface area contributed by atoms with E-state index in [9.17, 15) is 19.4 Å². The molecular weight excluding hydrogens is 505 g/mol. The molecule has 2 N–H and O–H groups in total. The van der Waals surface area contributed by atoms with Gasteiger partial charge in [-0.1, -0.05) is 54.6 Å². The summed E-state index contributed by atoms with van der Waals surface area (Å²) in [5, 5.41) is 19.4. The summed E-state index contributed by atoms with van der Waals surface area (Å²) in [5.41, 5.74) is 7.69. The SMILES string of the molecule is COc1ccc(F)c(-c2ccc(Cc3ccc(N4C[C@H](c5ccccc5CO)C[C@@H]4CC(=O)O)cc3)c(C)c2)c1. The zero-order chi connectivity index (χ0) is 28.2. The van der Waals surface area contributed by atoms with Gasteiger partial charge in [0.05, 0.1) is 20.1 Å². The summed E-state index contributed by atoms with van der Waals surface area (Å²) in [6.07, 6.45) is 1.53.